The number of nitro groups is 1. The summed E-state index contributed by atoms with van der Waals surface area (Å²) in [5, 5.41) is 20.4. The summed E-state index contributed by atoms with van der Waals surface area (Å²) in [7, 11) is 0. The third-order valence-electron chi connectivity index (χ3n) is 4.60. The van der Waals surface area contributed by atoms with Gasteiger partial charge in [0, 0.05) is 30.4 Å². The number of rotatable bonds is 2. The van der Waals surface area contributed by atoms with Gasteiger partial charge in [-0.2, -0.15) is 0 Å². The fourth-order valence-electron chi connectivity index (χ4n) is 3.61. The molecule has 0 bridgehead atoms. The van der Waals surface area contributed by atoms with Crippen LogP contribution in [0, 0.1) is 16.0 Å². The molecule has 0 radical (unpaired) electrons. The molecule has 1 aromatic carbocycles. The first-order chi connectivity index (χ1) is 10.1. The minimum atomic E-state index is -0.802. The summed E-state index contributed by atoms with van der Waals surface area (Å²) in [6, 6.07) is 4.84. The van der Waals surface area contributed by atoms with Crippen LogP contribution >= 0.6 is 0 Å². The van der Waals surface area contributed by atoms with Gasteiger partial charge in [-0.1, -0.05) is 12.8 Å². The molecule has 3 rings (SSSR count). The number of carboxylic acids is 1. The van der Waals surface area contributed by atoms with Gasteiger partial charge in [-0.3, -0.25) is 14.9 Å². The molecule has 0 aliphatic carbocycles. The highest BCUT2D eigenvalue weighted by Crippen LogP contribution is 2.39. The highest BCUT2D eigenvalue weighted by Gasteiger charge is 2.39. The summed E-state index contributed by atoms with van der Waals surface area (Å²) in [5.74, 6) is -1.28. The summed E-state index contributed by atoms with van der Waals surface area (Å²) in [6.07, 6.45) is 4.47. The molecule has 0 spiro atoms. The Hall–Kier alpha value is -2.11. The number of fused-ring (bicyclic) bond motifs is 3. The van der Waals surface area contributed by atoms with Crippen LogP contribution in [0.2, 0.25) is 0 Å². The average Bonchev–Trinajstić information content (AvgIpc) is 2.71. The van der Waals surface area contributed by atoms with Crippen molar-refractivity contribution < 1.29 is 14.8 Å². The van der Waals surface area contributed by atoms with Gasteiger partial charge in [0.2, 0.25) is 0 Å². The highest BCUT2D eigenvalue weighted by atomic mass is 16.6. The summed E-state index contributed by atoms with van der Waals surface area (Å²) in [4.78, 5) is 24.2. The van der Waals surface area contributed by atoms with E-state index < -0.39 is 16.8 Å². The first-order valence-electron chi connectivity index (χ1n) is 7.34. The molecule has 0 unspecified atom stereocenters. The minimum absolute atomic E-state index is 0.0129. The maximum absolute atomic E-state index is 11.6. The lowest BCUT2D eigenvalue weighted by Crippen LogP contribution is -2.48. The Kier molecular flexibility index (Phi) is 3.53. The molecular weight excluding hydrogens is 272 g/mol. The topological polar surface area (TPSA) is 83.7 Å². The van der Waals surface area contributed by atoms with E-state index in [-0.39, 0.29) is 11.7 Å². The summed E-state index contributed by atoms with van der Waals surface area (Å²) >= 11 is 0. The second kappa shape index (κ2) is 5.35. The SMILES string of the molecule is O=C(O)[C@@H]1Cc2cc([N+](=O)[O-])ccc2N2CCCCC[C@@H]12. The van der Waals surface area contributed by atoms with Crippen LogP contribution in [-0.4, -0.2) is 28.6 Å². The molecule has 0 saturated carbocycles. The number of anilines is 1. The smallest absolute Gasteiger partial charge is 0.308 e. The van der Waals surface area contributed by atoms with Crippen molar-refractivity contribution >= 4 is 17.3 Å². The number of nitrogens with zero attached hydrogens (tertiary/aromatic N) is 2. The van der Waals surface area contributed by atoms with Crippen LogP contribution in [0.5, 0.6) is 0 Å². The molecular formula is C15H18N2O4. The van der Waals surface area contributed by atoms with Gasteiger partial charge < -0.3 is 10.0 Å². The maximum Gasteiger partial charge on any atom is 0.308 e. The standard InChI is InChI=1S/C15H18N2O4/c18-15(19)12-9-10-8-11(17(20)21)5-6-13(10)16-7-3-1-2-4-14(12)16/h5-6,8,12,14H,1-4,7,9H2,(H,18,19)/t12-,14+/m1/s1. The van der Waals surface area contributed by atoms with Gasteiger partial charge in [0.05, 0.1) is 10.8 Å². The van der Waals surface area contributed by atoms with Crippen molar-refractivity contribution in [1.29, 1.82) is 0 Å². The maximum atomic E-state index is 11.6. The van der Waals surface area contributed by atoms with Crippen LogP contribution in [0.4, 0.5) is 11.4 Å². The Morgan fingerprint density at radius 2 is 2.14 bits per heavy atom. The highest BCUT2D eigenvalue weighted by molar-refractivity contribution is 5.75. The Balaban J connectivity index is 2.05. The van der Waals surface area contributed by atoms with Crippen molar-refractivity contribution in [3.63, 3.8) is 0 Å². The van der Waals surface area contributed by atoms with Crippen LogP contribution in [-0.2, 0) is 11.2 Å². The Morgan fingerprint density at radius 3 is 2.86 bits per heavy atom. The van der Waals surface area contributed by atoms with Crippen LogP contribution in [0.1, 0.15) is 31.2 Å². The molecule has 2 heterocycles. The summed E-state index contributed by atoms with van der Waals surface area (Å²) < 4.78 is 0. The van der Waals surface area contributed by atoms with Gasteiger partial charge in [-0.25, -0.2) is 0 Å². The lowest BCUT2D eigenvalue weighted by Gasteiger charge is -2.41. The average molecular weight is 290 g/mol. The van der Waals surface area contributed by atoms with E-state index in [1.54, 1.807) is 6.07 Å². The molecule has 1 saturated heterocycles. The van der Waals surface area contributed by atoms with Gasteiger partial charge in [-0.15, -0.1) is 0 Å². The number of carbonyl (C=O) groups is 1. The molecule has 1 N–H and O–H groups in total. The molecule has 2 atom stereocenters. The molecule has 6 heteroatoms. The fraction of sp³-hybridized carbons (Fsp3) is 0.533. The molecule has 0 aromatic heterocycles. The van der Waals surface area contributed by atoms with Gasteiger partial charge in [-0.05, 0) is 30.9 Å². The van der Waals surface area contributed by atoms with Gasteiger partial charge >= 0.3 is 5.97 Å². The number of non-ortho nitro benzene ring substituents is 1. The van der Waals surface area contributed by atoms with E-state index in [0.29, 0.717) is 6.42 Å². The number of hydrogen-bond acceptors (Lipinski definition) is 4. The quantitative estimate of drug-likeness (QED) is 0.668. The second-order valence-corrected chi connectivity index (χ2v) is 5.83. The molecule has 2 aliphatic rings. The van der Waals surface area contributed by atoms with Crippen LogP contribution in [0.3, 0.4) is 0 Å². The normalized spacial score (nSPS) is 24.7. The molecule has 21 heavy (non-hydrogen) atoms. The van der Waals surface area contributed by atoms with Crippen LogP contribution < -0.4 is 4.90 Å². The van der Waals surface area contributed by atoms with Crippen molar-refractivity contribution in [2.24, 2.45) is 5.92 Å². The van der Waals surface area contributed by atoms with Crippen LogP contribution in [0.25, 0.3) is 0 Å². The Labute approximate surface area is 122 Å². The fourth-order valence-corrected chi connectivity index (χ4v) is 3.61. The van der Waals surface area contributed by atoms with Crippen molar-refractivity contribution in [3.8, 4) is 0 Å². The lowest BCUT2D eigenvalue weighted by atomic mass is 9.83. The summed E-state index contributed by atoms with van der Waals surface area (Å²) in [6.45, 7) is 0.833. The van der Waals surface area contributed by atoms with E-state index >= 15 is 0 Å². The number of benzene rings is 1. The van der Waals surface area contributed by atoms with Crippen molar-refractivity contribution in [2.75, 3.05) is 11.4 Å². The first kappa shape index (κ1) is 13.9. The number of hydrogen-bond donors (Lipinski definition) is 1. The zero-order valence-electron chi connectivity index (χ0n) is 11.7. The number of aliphatic carboxylic acids is 1. The molecule has 112 valence electrons. The van der Waals surface area contributed by atoms with E-state index in [4.69, 9.17) is 0 Å². The molecule has 6 nitrogen and oxygen atoms in total. The lowest BCUT2D eigenvalue weighted by molar-refractivity contribution is -0.384. The van der Waals surface area contributed by atoms with Crippen molar-refractivity contribution in [1.82, 2.24) is 0 Å². The van der Waals surface area contributed by atoms with Gasteiger partial charge in [0.25, 0.3) is 5.69 Å². The molecule has 1 fully saturated rings. The van der Waals surface area contributed by atoms with Gasteiger partial charge in [0.15, 0.2) is 0 Å². The van der Waals surface area contributed by atoms with E-state index in [1.807, 2.05) is 0 Å². The van der Waals surface area contributed by atoms with E-state index in [2.05, 4.69) is 4.90 Å². The molecule has 1 aromatic rings. The second-order valence-electron chi connectivity index (χ2n) is 5.83. The molecule has 2 aliphatic heterocycles. The van der Waals surface area contributed by atoms with E-state index in [1.165, 1.54) is 12.1 Å². The predicted molar refractivity (Wildman–Crippen MR) is 77.5 cm³/mol. The zero-order valence-corrected chi connectivity index (χ0v) is 11.7. The Bertz CT molecular complexity index is 587. The summed E-state index contributed by atoms with van der Waals surface area (Å²) in [5.41, 5.74) is 1.80. The van der Waals surface area contributed by atoms with Gasteiger partial charge in [0.1, 0.15) is 0 Å². The van der Waals surface area contributed by atoms with E-state index in [9.17, 15) is 20.0 Å². The Morgan fingerprint density at radius 1 is 1.33 bits per heavy atom. The predicted octanol–water partition coefficient (Wildman–Crippen LogP) is 2.60. The van der Waals surface area contributed by atoms with E-state index in [0.717, 1.165) is 43.5 Å². The van der Waals surface area contributed by atoms with Crippen LogP contribution in [0.15, 0.2) is 18.2 Å². The number of nitro benzene ring substituents is 1. The molecule has 0 amide bonds. The third-order valence-corrected chi connectivity index (χ3v) is 4.60. The first-order valence-corrected chi connectivity index (χ1v) is 7.34. The monoisotopic (exact) mass is 290 g/mol. The largest absolute Gasteiger partial charge is 0.481 e. The van der Waals surface area contributed by atoms with Crippen molar-refractivity contribution in [3.05, 3.63) is 33.9 Å². The zero-order chi connectivity index (χ0) is 15.0. The van der Waals surface area contributed by atoms with Crippen molar-refractivity contribution in [2.45, 2.75) is 38.1 Å². The minimum Gasteiger partial charge on any atom is -0.481 e. The third kappa shape index (κ3) is 2.46. The number of carboxylic acid groups (broad SMARTS) is 1.